The van der Waals surface area contributed by atoms with Crippen LogP contribution in [0.2, 0.25) is 0 Å². The fraction of sp³-hybridized carbons (Fsp3) is 0.654. The van der Waals surface area contributed by atoms with Gasteiger partial charge in [0, 0.05) is 19.3 Å². The van der Waals surface area contributed by atoms with Gasteiger partial charge in [-0.2, -0.15) is 0 Å². The number of carbonyl (C=O) groups is 4. The summed E-state index contributed by atoms with van der Waals surface area (Å²) in [6.07, 6.45) is 81.6. The molecule has 5 atom stereocenters. The summed E-state index contributed by atoms with van der Waals surface area (Å²) in [6.45, 7) is 4.39. The molecule has 570 valence electrons. The van der Waals surface area contributed by atoms with Crippen molar-refractivity contribution in [2.75, 3.05) is 39.6 Å². The summed E-state index contributed by atoms with van der Waals surface area (Å²) >= 11 is 0. The number of unbranched alkanes of at least 4 members (excludes halogenated alkanes) is 21. The van der Waals surface area contributed by atoms with Crippen molar-refractivity contribution in [1.82, 2.24) is 0 Å². The standard InChI is InChI=1S/C81H134O17P2/c1-5-9-13-17-21-25-29-33-35-36-37-38-40-43-46-50-54-58-62-66-79(84)92-72-77(98-81(86)68-64-60-56-52-48-44-39-34-30-26-22-18-14-10-6-2)74-96-100(89,90)94-70-75(82)69-93-99(87,88)95-73-76(97-80(85)67-63-59-55-51-47-42-32-28-24-20-16-12-8-4)71-91-78(83)65-61-57-53-49-45-41-31-27-23-19-15-11-7-3/h9-10,13-15,19,21-22,25-28,31-35,37-39,48,52,60,64,75-77,82H,5-8,11-12,16-18,20,23-24,29-30,36,40-47,49-51,53-59,61-63,65-74H2,1-4H3,(H,87,88)(H,89,90)/b13-9-,14-10-,19-15-,25-21-,26-22-,31-27-,32-28-,35-33-,38-37-,39-34-,52-48-,64-60-. The van der Waals surface area contributed by atoms with Crippen LogP contribution in [0.3, 0.4) is 0 Å². The van der Waals surface area contributed by atoms with E-state index in [1.165, 1.54) is 25.7 Å². The molecular weight excluding hydrogens is 1310 g/mol. The number of allylic oxidation sites excluding steroid dienone is 23. The first kappa shape index (κ1) is 94.9. The van der Waals surface area contributed by atoms with E-state index in [9.17, 15) is 43.2 Å². The zero-order valence-corrected chi connectivity index (χ0v) is 63.9. The van der Waals surface area contributed by atoms with E-state index < -0.39 is 97.5 Å². The molecule has 17 nitrogen and oxygen atoms in total. The van der Waals surface area contributed by atoms with Crippen LogP contribution < -0.4 is 0 Å². The van der Waals surface area contributed by atoms with Crippen LogP contribution in [-0.4, -0.2) is 96.7 Å². The molecule has 5 unspecified atom stereocenters. The topological polar surface area (TPSA) is 237 Å². The van der Waals surface area contributed by atoms with Gasteiger partial charge >= 0.3 is 39.5 Å². The molecule has 0 rings (SSSR count). The number of phosphoric ester groups is 2. The Morgan fingerprint density at radius 2 is 0.580 bits per heavy atom. The van der Waals surface area contributed by atoms with Crippen molar-refractivity contribution in [3.63, 3.8) is 0 Å². The summed E-state index contributed by atoms with van der Waals surface area (Å²) in [7, 11) is -10.00. The molecule has 0 aliphatic heterocycles. The highest BCUT2D eigenvalue weighted by molar-refractivity contribution is 7.47. The highest BCUT2D eigenvalue weighted by Gasteiger charge is 2.30. The highest BCUT2D eigenvalue weighted by atomic mass is 31.2. The van der Waals surface area contributed by atoms with Gasteiger partial charge in [-0.3, -0.25) is 37.3 Å². The number of ether oxygens (including phenoxy) is 4. The fourth-order valence-electron chi connectivity index (χ4n) is 9.55. The lowest BCUT2D eigenvalue weighted by molar-refractivity contribution is -0.161. The lowest BCUT2D eigenvalue weighted by atomic mass is 10.1. The van der Waals surface area contributed by atoms with Gasteiger partial charge in [-0.15, -0.1) is 0 Å². The molecule has 0 saturated heterocycles. The molecule has 0 radical (unpaired) electrons. The zero-order chi connectivity index (χ0) is 73.2. The third kappa shape index (κ3) is 71.3. The van der Waals surface area contributed by atoms with Gasteiger partial charge in [-0.25, -0.2) is 9.13 Å². The molecule has 0 bridgehead atoms. The van der Waals surface area contributed by atoms with Crippen LogP contribution in [-0.2, 0) is 65.4 Å². The van der Waals surface area contributed by atoms with Gasteiger partial charge in [0.05, 0.1) is 32.8 Å². The van der Waals surface area contributed by atoms with E-state index >= 15 is 0 Å². The Labute approximate surface area is 605 Å². The lowest BCUT2D eigenvalue weighted by Crippen LogP contribution is -2.30. The van der Waals surface area contributed by atoms with Crippen molar-refractivity contribution in [3.8, 4) is 0 Å². The van der Waals surface area contributed by atoms with E-state index in [0.29, 0.717) is 25.7 Å². The summed E-state index contributed by atoms with van der Waals surface area (Å²) in [5.74, 6) is -2.37. The Morgan fingerprint density at radius 1 is 0.300 bits per heavy atom. The minimum absolute atomic E-state index is 0.0761. The second-order valence-electron chi connectivity index (χ2n) is 24.8. The van der Waals surface area contributed by atoms with E-state index in [4.69, 9.17) is 37.0 Å². The average molecular weight is 1440 g/mol. The predicted molar refractivity (Wildman–Crippen MR) is 408 cm³/mol. The molecule has 3 N–H and O–H groups in total. The maximum Gasteiger partial charge on any atom is 0.472 e. The number of aliphatic hydroxyl groups is 1. The first-order chi connectivity index (χ1) is 48.7. The third-order valence-corrected chi connectivity index (χ3v) is 17.2. The van der Waals surface area contributed by atoms with Gasteiger partial charge in [-0.05, 0) is 141 Å². The van der Waals surface area contributed by atoms with Crippen LogP contribution in [0.15, 0.2) is 146 Å². The molecule has 0 heterocycles. The van der Waals surface area contributed by atoms with Gasteiger partial charge in [-0.1, -0.05) is 263 Å². The van der Waals surface area contributed by atoms with Crippen LogP contribution in [0, 0.1) is 0 Å². The van der Waals surface area contributed by atoms with Crippen LogP contribution >= 0.6 is 15.6 Å². The summed E-state index contributed by atoms with van der Waals surface area (Å²) < 4.78 is 68.3. The zero-order valence-electron chi connectivity index (χ0n) is 62.1. The van der Waals surface area contributed by atoms with Crippen molar-refractivity contribution < 1.29 is 80.2 Å². The molecule has 0 fully saturated rings. The monoisotopic (exact) mass is 1440 g/mol. The number of hydrogen-bond acceptors (Lipinski definition) is 15. The Hall–Kier alpha value is -5.06. The van der Waals surface area contributed by atoms with Crippen LogP contribution in [0.25, 0.3) is 0 Å². The van der Waals surface area contributed by atoms with E-state index in [2.05, 4.69) is 149 Å². The Bertz CT molecular complexity index is 2470. The molecule has 0 aromatic heterocycles. The van der Waals surface area contributed by atoms with Gasteiger partial charge in [0.2, 0.25) is 0 Å². The maximum absolute atomic E-state index is 13.1. The summed E-state index contributed by atoms with van der Waals surface area (Å²) in [6, 6.07) is 0. The minimum Gasteiger partial charge on any atom is -0.462 e. The first-order valence-electron chi connectivity index (χ1n) is 38.1. The average Bonchev–Trinajstić information content (AvgIpc) is 0.946. The van der Waals surface area contributed by atoms with E-state index in [0.717, 1.165) is 180 Å². The van der Waals surface area contributed by atoms with Crippen molar-refractivity contribution in [1.29, 1.82) is 0 Å². The largest absolute Gasteiger partial charge is 0.472 e. The minimum atomic E-state index is -5.01. The normalized spacial score (nSPS) is 14.8. The van der Waals surface area contributed by atoms with Gasteiger partial charge < -0.3 is 33.8 Å². The first-order valence-corrected chi connectivity index (χ1v) is 41.1. The third-order valence-electron chi connectivity index (χ3n) is 15.3. The van der Waals surface area contributed by atoms with Gasteiger partial charge in [0.15, 0.2) is 12.2 Å². The maximum atomic E-state index is 13.1. The van der Waals surface area contributed by atoms with Crippen molar-refractivity contribution >= 4 is 39.5 Å². The summed E-state index contributed by atoms with van der Waals surface area (Å²) in [5, 5.41) is 10.6. The lowest BCUT2D eigenvalue weighted by Gasteiger charge is -2.21. The SMILES string of the molecule is CC/C=C\C/C=C\C/C=C\C/C=C\C/C=C\CC(=O)OC(COC(=O)CCCCCCCC/C=C\C/C=C\C/C=C\C/C=C\CC)COP(=O)(O)OCC(O)COP(=O)(O)OCC(COC(=O)CCCCCCC/C=C\C/C=C\CCC)OC(=O)CCCCCCC/C=C\CCCCCC. The molecule has 100 heavy (non-hydrogen) atoms. The smallest absolute Gasteiger partial charge is 0.462 e. The second kappa shape index (κ2) is 72.3. The van der Waals surface area contributed by atoms with E-state index in [-0.39, 0.29) is 25.7 Å². The molecule has 0 aromatic carbocycles. The highest BCUT2D eigenvalue weighted by Crippen LogP contribution is 2.45. The second-order valence-corrected chi connectivity index (χ2v) is 27.7. The molecule has 0 aliphatic carbocycles. The number of hydrogen-bond donors (Lipinski definition) is 3. The Kier molecular flexibility index (Phi) is 68.6. The molecule has 0 aromatic rings. The number of carbonyl (C=O) groups excluding carboxylic acids is 4. The molecule has 0 spiro atoms. The number of phosphoric acid groups is 2. The number of aliphatic hydroxyl groups excluding tert-OH is 1. The van der Waals surface area contributed by atoms with Gasteiger partial charge in [0.1, 0.15) is 19.3 Å². The Balaban J connectivity index is 5.44. The molecule has 0 aliphatic rings. The Morgan fingerprint density at radius 3 is 0.940 bits per heavy atom. The van der Waals surface area contributed by atoms with Crippen molar-refractivity contribution in [2.45, 2.75) is 303 Å². The van der Waals surface area contributed by atoms with Gasteiger partial charge in [0.25, 0.3) is 0 Å². The number of esters is 4. The fourth-order valence-corrected chi connectivity index (χ4v) is 11.1. The van der Waals surface area contributed by atoms with Crippen LogP contribution in [0.4, 0.5) is 0 Å². The summed E-state index contributed by atoms with van der Waals surface area (Å²) in [4.78, 5) is 72.8. The molecule has 0 amide bonds. The van der Waals surface area contributed by atoms with Crippen LogP contribution in [0.1, 0.15) is 285 Å². The van der Waals surface area contributed by atoms with E-state index in [1.807, 2.05) is 12.2 Å². The quantitative estimate of drug-likeness (QED) is 0.0169. The van der Waals surface area contributed by atoms with Crippen LogP contribution in [0.5, 0.6) is 0 Å². The summed E-state index contributed by atoms with van der Waals surface area (Å²) in [5.41, 5.74) is 0. The van der Waals surface area contributed by atoms with Crippen molar-refractivity contribution in [2.24, 2.45) is 0 Å². The predicted octanol–water partition coefficient (Wildman–Crippen LogP) is 21.9. The number of rotatable bonds is 70. The molecular formula is C81H134O17P2. The van der Waals surface area contributed by atoms with Crippen molar-refractivity contribution in [3.05, 3.63) is 146 Å². The molecule has 0 saturated carbocycles. The molecule has 19 heteroatoms. The van der Waals surface area contributed by atoms with E-state index in [1.54, 1.807) is 12.2 Å².